The van der Waals surface area contributed by atoms with Crippen molar-refractivity contribution in [3.05, 3.63) is 60.2 Å². The van der Waals surface area contributed by atoms with E-state index in [1.54, 1.807) is 7.11 Å². The Morgan fingerprint density at radius 1 is 1.05 bits per heavy atom. The molecule has 3 nitrogen and oxygen atoms in total. The van der Waals surface area contributed by atoms with Crippen molar-refractivity contribution in [1.82, 2.24) is 5.32 Å². The summed E-state index contributed by atoms with van der Waals surface area (Å²) in [6.45, 7) is 2.97. The van der Waals surface area contributed by atoms with Crippen molar-refractivity contribution in [3.63, 3.8) is 0 Å². The third kappa shape index (κ3) is 4.67. The van der Waals surface area contributed by atoms with Gasteiger partial charge in [0.15, 0.2) is 0 Å². The lowest BCUT2D eigenvalue weighted by molar-refractivity contribution is 0.0630. The summed E-state index contributed by atoms with van der Waals surface area (Å²) in [7, 11) is 1.59. The van der Waals surface area contributed by atoms with Crippen molar-refractivity contribution in [1.29, 1.82) is 0 Å². The van der Waals surface area contributed by atoms with Crippen molar-refractivity contribution in [2.45, 2.75) is 19.1 Å². The van der Waals surface area contributed by atoms with Crippen LogP contribution in [0.15, 0.2) is 54.6 Å². The molecule has 2 aromatic carbocycles. The van der Waals surface area contributed by atoms with Crippen LogP contribution in [0.3, 0.4) is 0 Å². The number of nitrogens with one attached hydrogen (secondary N) is 1. The molecule has 0 aliphatic carbocycles. The second-order valence-corrected chi connectivity index (χ2v) is 5.23. The van der Waals surface area contributed by atoms with Crippen LogP contribution in [0.2, 0.25) is 0 Å². The molecule has 112 valence electrons. The van der Waals surface area contributed by atoms with Crippen LogP contribution in [-0.4, -0.2) is 31.5 Å². The summed E-state index contributed by atoms with van der Waals surface area (Å²) >= 11 is 0. The minimum Gasteiger partial charge on any atom is -0.389 e. The van der Waals surface area contributed by atoms with Crippen molar-refractivity contribution < 1.29 is 9.84 Å². The molecule has 0 amide bonds. The maximum Gasteiger partial charge on any atom is 0.0897 e. The standard InChI is InChI=1S/C18H23NO2/c1-14(19-12-18(20)13-21-2)16-9-6-10-17(11-16)15-7-4-3-5-8-15/h3-11,14,18-20H,12-13H2,1-2H3. The third-order valence-electron chi connectivity index (χ3n) is 3.51. The molecule has 0 aromatic heterocycles. The van der Waals surface area contributed by atoms with Gasteiger partial charge in [-0.2, -0.15) is 0 Å². The molecule has 0 spiro atoms. The van der Waals surface area contributed by atoms with Gasteiger partial charge in [0.2, 0.25) is 0 Å². The van der Waals surface area contributed by atoms with E-state index in [0.717, 1.165) is 0 Å². The predicted octanol–water partition coefficient (Wildman–Crippen LogP) is 3.01. The summed E-state index contributed by atoms with van der Waals surface area (Å²) in [6.07, 6.45) is -0.477. The Kier molecular flexibility index (Phi) is 5.93. The maximum atomic E-state index is 9.69. The van der Waals surface area contributed by atoms with Gasteiger partial charge in [-0.1, -0.05) is 48.5 Å². The van der Waals surface area contributed by atoms with Gasteiger partial charge in [-0.05, 0) is 29.7 Å². The minimum absolute atomic E-state index is 0.181. The number of aliphatic hydroxyl groups excluding tert-OH is 1. The van der Waals surface area contributed by atoms with E-state index in [2.05, 4.69) is 48.6 Å². The molecular weight excluding hydrogens is 262 g/mol. The van der Waals surface area contributed by atoms with Crippen LogP contribution < -0.4 is 5.32 Å². The fourth-order valence-electron chi connectivity index (χ4n) is 2.30. The monoisotopic (exact) mass is 285 g/mol. The summed E-state index contributed by atoms with van der Waals surface area (Å²) in [4.78, 5) is 0. The van der Waals surface area contributed by atoms with E-state index < -0.39 is 6.10 Å². The van der Waals surface area contributed by atoms with E-state index in [1.807, 2.05) is 18.2 Å². The molecule has 2 rings (SSSR count). The van der Waals surface area contributed by atoms with Gasteiger partial charge in [-0.25, -0.2) is 0 Å². The molecule has 0 fully saturated rings. The number of ether oxygens (including phenoxy) is 1. The van der Waals surface area contributed by atoms with Gasteiger partial charge in [0.05, 0.1) is 12.7 Å². The number of hydrogen-bond donors (Lipinski definition) is 2. The van der Waals surface area contributed by atoms with Gasteiger partial charge in [-0.3, -0.25) is 0 Å². The molecule has 2 aromatic rings. The van der Waals surface area contributed by atoms with Crippen LogP contribution in [0.25, 0.3) is 11.1 Å². The Morgan fingerprint density at radius 3 is 2.48 bits per heavy atom. The Bertz CT molecular complexity index is 542. The van der Waals surface area contributed by atoms with Gasteiger partial charge >= 0.3 is 0 Å². The fourth-order valence-corrected chi connectivity index (χ4v) is 2.30. The Labute approximate surface area is 126 Å². The van der Waals surface area contributed by atoms with Gasteiger partial charge in [0, 0.05) is 19.7 Å². The molecule has 2 unspecified atom stereocenters. The Hall–Kier alpha value is -1.68. The molecule has 3 heteroatoms. The second-order valence-electron chi connectivity index (χ2n) is 5.23. The van der Waals surface area contributed by atoms with Crippen LogP contribution in [0, 0.1) is 0 Å². The molecule has 21 heavy (non-hydrogen) atoms. The van der Waals surface area contributed by atoms with Gasteiger partial charge in [0.1, 0.15) is 0 Å². The predicted molar refractivity (Wildman–Crippen MR) is 86.2 cm³/mol. The zero-order valence-electron chi connectivity index (χ0n) is 12.6. The first-order chi connectivity index (χ1) is 10.2. The summed E-state index contributed by atoms with van der Waals surface area (Å²) in [6, 6.07) is 19.0. The van der Waals surface area contributed by atoms with Crippen molar-refractivity contribution >= 4 is 0 Å². The van der Waals surface area contributed by atoms with Crippen LogP contribution in [0.5, 0.6) is 0 Å². The zero-order chi connectivity index (χ0) is 15.1. The number of methoxy groups -OCH3 is 1. The third-order valence-corrected chi connectivity index (χ3v) is 3.51. The van der Waals surface area contributed by atoms with E-state index in [-0.39, 0.29) is 6.04 Å². The number of hydrogen-bond acceptors (Lipinski definition) is 3. The van der Waals surface area contributed by atoms with Gasteiger partial charge < -0.3 is 15.2 Å². The summed E-state index contributed by atoms with van der Waals surface area (Å²) in [5, 5.41) is 13.0. The van der Waals surface area contributed by atoms with Gasteiger partial charge in [-0.15, -0.1) is 0 Å². The summed E-state index contributed by atoms with van der Waals surface area (Å²) in [5.74, 6) is 0. The number of rotatable bonds is 7. The van der Waals surface area contributed by atoms with E-state index >= 15 is 0 Å². The van der Waals surface area contributed by atoms with Crippen LogP contribution in [0.4, 0.5) is 0 Å². The van der Waals surface area contributed by atoms with E-state index in [0.29, 0.717) is 13.2 Å². The molecule has 0 radical (unpaired) electrons. The van der Waals surface area contributed by atoms with Crippen molar-refractivity contribution in [3.8, 4) is 11.1 Å². The van der Waals surface area contributed by atoms with Crippen molar-refractivity contribution in [2.75, 3.05) is 20.3 Å². The first-order valence-electron chi connectivity index (χ1n) is 7.26. The largest absolute Gasteiger partial charge is 0.389 e. The molecule has 0 aliphatic rings. The average Bonchev–Trinajstić information content (AvgIpc) is 2.54. The highest BCUT2D eigenvalue weighted by Crippen LogP contribution is 2.22. The van der Waals surface area contributed by atoms with E-state index in [4.69, 9.17) is 4.74 Å². The fraction of sp³-hybridized carbons (Fsp3) is 0.333. The lowest BCUT2D eigenvalue weighted by Gasteiger charge is -2.18. The molecule has 0 saturated carbocycles. The lowest BCUT2D eigenvalue weighted by Crippen LogP contribution is -2.31. The Morgan fingerprint density at radius 2 is 1.76 bits per heavy atom. The zero-order valence-corrected chi connectivity index (χ0v) is 12.6. The highest BCUT2D eigenvalue weighted by atomic mass is 16.5. The average molecular weight is 285 g/mol. The summed E-state index contributed by atoms with van der Waals surface area (Å²) < 4.78 is 4.93. The molecule has 2 atom stereocenters. The molecule has 0 bridgehead atoms. The van der Waals surface area contributed by atoms with E-state index in [9.17, 15) is 5.11 Å². The number of benzene rings is 2. The van der Waals surface area contributed by atoms with E-state index in [1.165, 1.54) is 16.7 Å². The topological polar surface area (TPSA) is 41.5 Å². The molecule has 0 aliphatic heterocycles. The normalized spacial score (nSPS) is 13.9. The second kappa shape index (κ2) is 7.93. The minimum atomic E-state index is -0.477. The van der Waals surface area contributed by atoms with Gasteiger partial charge in [0.25, 0.3) is 0 Å². The highest BCUT2D eigenvalue weighted by molar-refractivity contribution is 5.64. The molecule has 2 N–H and O–H groups in total. The first kappa shape index (κ1) is 15.7. The molecule has 0 saturated heterocycles. The highest BCUT2D eigenvalue weighted by Gasteiger charge is 2.09. The van der Waals surface area contributed by atoms with Crippen LogP contribution in [-0.2, 0) is 4.74 Å². The lowest BCUT2D eigenvalue weighted by atomic mass is 10.00. The Balaban J connectivity index is 2.03. The van der Waals surface area contributed by atoms with Crippen molar-refractivity contribution in [2.24, 2.45) is 0 Å². The smallest absolute Gasteiger partial charge is 0.0897 e. The molecule has 0 heterocycles. The number of aliphatic hydroxyl groups is 1. The SMILES string of the molecule is COCC(O)CNC(C)c1cccc(-c2ccccc2)c1. The summed E-state index contributed by atoms with van der Waals surface area (Å²) in [5.41, 5.74) is 3.63. The van der Waals surface area contributed by atoms with Crippen LogP contribution >= 0.6 is 0 Å². The maximum absolute atomic E-state index is 9.69. The van der Waals surface area contributed by atoms with Crippen LogP contribution in [0.1, 0.15) is 18.5 Å². The molecular formula is C18H23NO2. The first-order valence-corrected chi connectivity index (χ1v) is 7.26. The quantitative estimate of drug-likeness (QED) is 0.821.